The molecule has 0 aliphatic carbocycles. The van der Waals surface area contributed by atoms with Crippen LogP contribution < -0.4 is 16.2 Å². The fourth-order valence-electron chi connectivity index (χ4n) is 1.51. The van der Waals surface area contributed by atoms with Crippen LogP contribution in [0.3, 0.4) is 0 Å². The number of carbonyl (C=O) groups excluding carboxylic acids is 3. The standard InChI is InChI=1S/C15H18N2O5S/c1-15(2,22)8-7-9-3-5-11(23-9)13(19)17-10(14(20)21)4-6-12(16)18/h3,5,10,22H,4,6H2,1-2H3,(H2,16,18)(H,17,19)(H,20,21)/p-1/t10-/m1/s1. The smallest absolute Gasteiger partial charge is 0.261 e. The minimum absolute atomic E-state index is 0.139. The third kappa shape index (κ3) is 6.95. The van der Waals surface area contributed by atoms with Gasteiger partial charge in [-0.3, -0.25) is 9.59 Å². The maximum atomic E-state index is 12.0. The molecule has 0 saturated carbocycles. The summed E-state index contributed by atoms with van der Waals surface area (Å²) in [7, 11) is 0. The minimum atomic E-state index is -1.49. The summed E-state index contributed by atoms with van der Waals surface area (Å²) in [5.41, 5.74) is 3.80. The van der Waals surface area contributed by atoms with Gasteiger partial charge in [-0.05, 0) is 32.4 Å². The van der Waals surface area contributed by atoms with Crippen LogP contribution in [-0.2, 0) is 9.59 Å². The molecular weight excluding hydrogens is 320 g/mol. The second kappa shape index (κ2) is 7.76. The number of amides is 2. The van der Waals surface area contributed by atoms with Crippen molar-refractivity contribution in [1.29, 1.82) is 0 Å². The summed E-state index contributed by atoms with van der Waals surface area (Å²) in [5.74, 6) is 2.58. The highest BCUT2D eigenvalue weighted by atomic mass is 32.1. The van der Waals surface area contributed by atoms with E-state index in [9.17, 15) is 24.6 Å². The van der Waals surface area contributed by atoms with Gasteiger partial charge in [0.25, 0.3) is 5.91 Å². The van der Waals surface area contributed by atoms with Crippen LogP contribution >= 0.6 is 11.3 Å². The van der Waals surface area contributed by atoms with Gasteiger partial charge in [0.1, 0.15) is 5.60 Å². The quantitative estimate of drug-likeness (QED) is 0.572. The van der Waals surface area contributed by atoms with Gasteiger partial charge in [0, 0.05) is 6.42 Å². The summed E-state index contributed by atoms with van der Waals surface area (Å²) in [6.45, 7) is 3.06. The predicted octanol–water partition coefficient (Wildman–Crippen LogP) is -1.02. The number of nitrogens with two attached hydrogens (primary N) is 1. The van der Waals surface area contributed by atoms with Crippen molar-refractivity contribution in [2.45, 2.75) is 38.3 Å². The average Bonchev–Trinajstić information content (AvgIpc) is 2.88. The normalized spacial score (nSPS) is 12.0. The molecule has 23 heavy (non-hydrogen) atoms. The molecule has 7 nitrogen and oxygen atoms in total. The molecular formula is C15H17N2O5S-. The highest BCUT2D eigenvalue weighted by molar-refractivity contribution is 7.14. The maximum Gasteiger partial charge on any atom is 0.261 e. The zero-order valence-corrected chi connectivity index (χ0v) is 13.5. The Hall–Kier alpha value is -2.37. The Morgan fingerprint density at radius 1 is 1.43 bits per heavy atom. The number of thiophene rings is 1. The van der Waals surface area contributed by atoms with Crippen LogP contribution in [-0.4, -0.2) is 34.5 Å². The maximum absolute atomic E-state index is 12.0. The van der Waals surface area contributed by atoms with Gasteiger partial charge in [-0.1, -0.05) is 11.8 Å². The lowest BCUT2D eigenvalue weighted by molar-refractivity contribution is -0.308. The van der Waals surface area contributed by atoms with E-state index in [-0.39, 0.29) is 17.7 Å². The molecule has 0 radical (unpaired) electrons. The third-order valence-corrected chi connectivity index (χ3v) is 3.59. The van der Waals surface area contributed by atoms with E-state index in [0.29, 0.717) is 4.88 Å². The Labute approximate surface area is 137 Å². The summed E-state index contributed by atoms with van der Waals surface area (Å²) in [6.07, 6.45) is -0.314. The van der Waals surface area contributed by atoms with Crippen LogP contribution in [0.1, 0.15) is 41.2 Å². The van der Waals surface area contributed by atoms with Crippen molar-refractivity contribution >= 4 is 29.1 Å². The van der Waals surface area contributed by atoms with Gasteiger partial charge in [-0.15, -0.1) is 11.3 Å². The first-order valence-electron chi connectivity index (χ1n) is 6.74. The lowest BCUT2D eigenvalue weighted by Gasteiger charge is -2.18. The zero-order valence-electron chi connectivity index (χ0n) is 12.7. The van der Waals surface area contributed by atoms with Crippen LogP contribution in [0.4, 0.5) is 0 Å². The van der Waals surface area contributed by atoms with Crippen molar-refractivity contribution in [2.75, 3.05) is 0 Å². The molecule has 0 spiro atoms. The molecule has 1 atom stereocenters. The molecule has 0 fully saturated rings. The van der Waals surface area contributed by atoms with Crippen LogP contribution in [0, 0.1) is 11.8 Å². The number of rotatable bonds is 6. The van der Waals surface area contributed by atoms with E-state index >= 15 is 0 Å². The Morgan fingerprint density at radius 3 is 2.61 bits per heavy atom. The Balaban J connectivity index is 2.76. The molecule has 1 aromatic heterocycles. The fraction of sp³-hybridized carbons (Fsp3) is 0.400. The highest BCUT2D eigenvalue weighted by Gasteiger charge is 2.17. The van der Waals surface area contributed by atoms with Crippen molar-refractivity contribution < 1.29 is 24.6 Å². The summed E-state index contributed by atoms with van der Waals surface area (Å²) in [4.78, 5) is 34.5. The third-order valence-electron chi connectivity index (χ3n) is 2.59. The molecule has 124 valence electrons. The van der Waals surface area contributed by atoms with Crippen molar-refractivity contribution in [3.63, 3.8) is 0 Å². The molecule has 8 heteroatoms. The second-order valence-corrected chi connectivity index (χ2v) is 6.41. The number of aliphatic carboxylic acids is 1. The van der Waals surface area contributed by atoms with Gasteiger partial charge in [-0.25, -0.2) is 0 Å². The van der Waals surface area contributed by atoms with E-state index in [2.05, 4.69) is 17.2 Å². The van der Waals surface area contributed by atoms with Crippen LogP contribution in [0.25, 0.3) is 0 Å². The number of primary amides is 1. The Kier molecular flexibility index (Phi) is 6.30. The van der Waals surface area contributed by atoms with Gasteiger partial charge in [0.2, 0.25) is 5.91 Å². The van der Waals surface area contributed by atoms with Crippen molar-refractivity contribution in [3.8, 4) is 11.8 Å². The number of aliphatic hydroxyl groups is 1. The van der Waals surface area contributed by atoms with Crippen molar-refractivity contribution in [3.05, 3.63) is 21.9 Å². The molecule has 2 amide bonds. The van der Waals surface area contributed by atoms with Gasteiger partial charge in [-0.2, -0.15) is 0 Å². The molecule has 4 N–H and O–H groups in total. The molecule has 0 bridgehead atoms. The SMILES string of the molecule is CC(C)(O)C#Cc1ccc(C(=O)N[C@H](CCC(N)=O)C(=O)[O-])s1. The van der Waals surface area contributed by atoms with Crippen molar-refractivity contribution in [1.82, 2.24) is 5.32 Å². The molecule has 1 heterocycles. The molecule has 1 aromatic rings. The Bertz CT molecular complexity index is 663. The summed E-state index contributed by atoms with van der Waals surface area (Å²) >= 11 is 1.06. The predicted molar refractivity (Wildman–Crippen MR) is 82.2 cm³/mol. The summed E-state index contributed by atoms with van der Waals surface area (Å²) in [6, 6.07) is 1.79. The summed E-state index contributed by atoms with van der Waals surface area (Å²) in [5, 5.41) is 22.8. The van der Waals surface area contributed by atoms with Gasteiger partial charge >= 0.3 is 0 Å². The second-order valence-electron chi connectivity index (χ2n) is 5.32. The number of carboxylic acid groups (broad SMARTS) is 1. The number of carboxylic acids is 1. The lowest BCUT2D eigenvalue weighted by Crippen LogP contribution is -2.48. The largest absolute Gasteiger partial charge is 0.548 e. The van der Waals surface area contributed by atoms with E-state index < -0.39 is 29.4 Å². The van der Waals surface area contributed by atoms with E-state index in [4.69, 9.17) is 5.73 Å². The molecule has 0 aliphatic heterocycles. The first kappa shape index (κ1) is 18.7. The highest BCUT2D eigenvalue weighted by Crippen LogP contribution is 2.16. The minimum Gasteiger partial charge on any atom is -0.548 e. The first-order valence-corrected chi connectivity index (χ1v) is 7.55. The van der Waals surface area contributed by atoms with Crippen LogP contribution in [0.2, 0.25) is 0 Å². The molecule has 0 aromatic carbocycles. The van der Waals surface area contributed by atoms with E-state index in [1.807, 2.05) is 0 Å². The fourth-order valence-corrected chi connectivity index (χ4v) is 2.27. The van der Waals surface area contributed by atoms with Crippen LogP contribution in [0.5, 0.6) is 0 Å². The van der Waals surface area contributed by atoms with E-state index in [0.717, 1.165) is 11.3 Å². The lowest BCUT2D eigenvalue weighted by atomic mass is 10.1. The molecule has 0 unspecified atom stereocenters. The van der Waals surface area contributed by atoms with E-state index in [1.54, 1.807) is 6.07 Å². The Morgan fingerprint density at radius 2 is 2.09 bits per heavy atom. The average molecular weight is 337 g/mol. The van der Waals surface area contributed by atoms with Gasteiger partial charge < -0.3 is 26.1 Å². The number of carbonyl (C=O) groups is 3. The molecule has 1 rings (SSSR count). The van der Waals surface area contributed by atoms with Crippen molar-refractivity contribution in [2.24, 2.45) is 5.73 Å². The monoisotopic (exact) mass is 337 g/mol. The number of hydrogen-bond acceptors (Lipinski definition) is 6. The summed E-state index contributed by atoms with van der Waals surface area (Å²) < 4.78 is 0. The molecule has 0 aliphatic rings. The zero-order chi connectivity index (χ0) is 17.6. The number of nitrogens with one attached hydrogen (secondary N) is 1. The van der Waals surface area contributed by atoms with E-state index in [1.165, 1.54) is 19.9 Å². The van der Waals surface area contributed by atoms with Crippen LogP contribution in [0.15, 0.2) is 12.1 Å². The topological polar surface area (TPSA) is 133 Å². The molecule has 0 saturated heterocycles. The van der Waals surface area contributed by atoms with Gasteiger partial charge in [0.15, 0.2) is 0 Å². The number of hydrogen-bond donors (Lipinski definition) is 3. The first-order chi connectivity index (χ1) is 10.6. The van der Waals surface area contributed by atoms with Gasteiger partial charge in [0.05, 0.1) is 21.8 Å².